The number of nitrogens with two attached hydrogens (primary N) is 2. The summed E-state index contributed by atoms with van der Waals surface area (Å²) in [7, 11) is 0. The first-order valence-corrected chi connectivity index (χ1v) is 20.9. The summed E-state index contributed by atoms with van der Waals surface area (Å²) < 4.78 is 62.8. The largest absolute Gasteiger partial charge is 0.490 e. The van der Waals surface area contributed by atoms with Crippen LogP contribution in [0.3, 0.4) is 0 Å². The second-order valence-electron chi connectivity index (χ2n) is 15.7. The topological polar surface area (TPSA) is 281 Å². The molecule has 0 aliphatic carbocycles. The predicted octanol–water partition coefficient (Wildman–Crippen LogP) is 2.03. The van der Waals surface area contributed by atoms with E-state index in [0.29, 0.717) is 5.82 Å². The van der Waals surface area contributed by atoms with Crippen molar-refractivity contribution in [1.82, 2.24) is 30.0 Å². The minimum atomic E-state index is -5.08. The number of nitrogens with zero attached hydrogens (tertiary/aromatic N) is 4. The van der Waals surface area contributed by atoms with Crippen LogP contribution in [0.25, 0.3) is 11.3 Å². The van der Waals surface area contributed by atoms with Gasteiger partial charge in [-0.2, -0.15) is 13.2 Å². The monoisotopic (exact) mass is 942 g/mol. The van der Waals surface area contributed by atoms with Gasteiger partial charge in [-0.25, -0.2) is 18.6 Å². The number of imide groups is 1. The fourth-order valence-corrected chi connectivity index (χ4v) is 7.52. The number of likely N-dealkylation sites (tertiary alicyclic amines) is 1. The molecule has 1 aliphatic heterocycles. The molecule has 2 aromatic carbocycles. The summed E-state index contributed by atoms with van der Waals surface area (Å²) in [6.45, 7) is 4.65. The lowest BCUT2D eigenvalue weighted by Crippen LogP contribution is -2.48. The molecule has 65 heavy (non-hydrogen) atoms. The first-order chi connectivity index (χ1) is 30.3. The number of carboxylic acids is 2. The lowest BCUT2D eigenvalue weighted by molar-refractivity contribution is -0.192. The van der Waals surface area contributed by atoms with Crippen molar-refractivity contribution < 1.29 is 70.8 Å². The smallest absolute Gasteiger partial charge is 0.480 e. The Kier molecular flexibility index (Phi) is 19.5. The second kappa shape index (κ2) is 23.8. The normalized spacial score (nSPS) is 15.4. The third-order valence-corrected chi connectivity index (χ3v) is 10.9. The van der Waals surface area contributed by atoms with Gasteiger partial charge in [0.25, 0.3) is 0 Å². The van der Waals surface area contributed by atoms with Crippen LogP contribution in [0.5, 0.6) is 0 Å². The minimum Gasteiger partial charge on any atom is -0.480 e. The van der Waals surface area contributed by atoms with Crippen LogP contribution in [0.2, 0.25) is 0 Å². The van der Waals surface area contributed by atoms with Crippen molar-refractivity contribution in [3.05, 3.63) is 77.8 Å². The number of aliphatic hydroxyl groups excluding tert-OH is 1. The highest BCUT2D eigenvalue weighted by molar-refractivity contribution is 8.00. The number of thioether (sulfide) groups is 1. The molecule has 24 heteroatoms. The van der Waals surface area contributed by atoms with Gasteiger partial charge < -0.3 is 46.9 Å². The highest BCUT2D eigenvalue weighted by Crippen LogP contribution is 2.39. The van der Waals surface area contributed by atoms with Gasteiger partial charge in [-0.3, -0.25) is 33.7 Å². The standard InChI is InChI=1S/C39H50F2N8O8S.C2HF3O2/c1-39(2,3)34(35-46-29(25-17-24(40)9-10-26(25)41)20-47(35)19-23-7-5-4-6-8-23)48(33(53)21-50)15-12-27(42)36(54)45-13-11-31(51)44-14-16-49-32(52)18-30(37(49)55)58-22-28(43)38(56)57;3-2(4,5)1(6)7/h4-10,17,20,27-28,30,34,50H,11-16,18-19,21-22,42-43H2,1-3H3,(H,44,51)(H,45,54)(H,56,57);(H,6,7)/t27-,28-,30?,34-;/m0./s1. The number of carbonyl (C=O) groups is 7. The Hall–Kier alpha value is -5.98. The number of aromatic nitrogens is 2. The highest BCUT2D eigenvalue weighted by Gasteiger charge is 2.41. The number of carboxylic acid groups (broad SMARTS) is 2. The maximum atomic E-state index is 15.0. The van der Waals surface area contributed by atoms with E-state index in [1.165, 1.54) is 4.90 Å². The number of alkyl halides is 3. The van der Waals surface area contributed by atoms with E-state index in [9.17, 15) is 55.8 Å². The Labute approximate surface area is 373 Å². The average Bonchev–Trinajstić information content (AvgIpc) is 3.76. The molecule has 9 N–H and O–H groups in total. The van der Waals surface area contributed by atoms with Gasteiger partial charge in [-0.1, -0.05) is 51.1 Å². The Morgan fingerprint density at radius 1 is 0.969 bits per heavy atom. The summed E-state index contributed by atoms with van der Waals surface area (Å²) in [6.07, 6.45) is -3.80. The fourth-order valence-electron chi connectivity index (χ4n) is 6.41. The molecule has 0 saturated carbocycles. The van der Waals surface area contributed by atoms with Gasteiger partial charge in [-0.15, -0.1) is 11.8 Å². The number of nitrogens with one attached hydrogen (secondary N) is 2. The molecule has 1 saturated heterocycles. The minimum absolute atomic E-state index is 0.0400. The Morgan fingerprint density at radius 2 is 1.62 bits per heavy atom. The predicted molar refractivity (Wildman–Crippen MR) is 224 cm³/mol. The first kappa shape index (κ1) is 53.4. The molecule has 18 nitrogen and oxygen atoms in total. The lowest BCUT2D eigenvalue weighted by atomic mass is 9.84. The molecule has 0 radical (unpaired) electrons. The number of halogens is 5. The zero-order chi connectivity index (χ0) is 48.8. The van der Waals surface area contributed by atoms with E-state index in [0.717, 1.165) is 40.4 Å². The number of benzene rings is 2. The molecule has 1 fully saturated rings. The summed E-state index contributed by atoms with van der Waals surface area (Å²) in [5, 5.41) is 30.5. The van der Waals surface area contributed by atoms with Gasteiger partial charge in [0, 0.05) is 63.1 Å². The molecule has 5 amide bonds. The molecule has 1 aromatic heterocycles. The van der Waals surface area contributed by atoms with E-state index in [2.05, 4.69) is 10.6 Å². The molecular weight excluding hydrogens is 892 g/mol. The molecule has 3 aromatic rings. The highest BCUT2D eigenvalue weighted by atomic mass is 32.2. The number of amides is 5. The van der Waals surface area contributed by atoms with Crippen molar-refractivity contribution in [1.29, 1.82) is 0 Å². The van der Waals surface area contributed by atoms with Crippen molar-refractivity contribution in [2.45, 2.75) is 76.1 Å². The number of rotatable bonds is 20. The van der Waals surface area contributed by atoms with Gasteiger partial charge >= 0.3 is 18.1 Å². The van der Waals surface area contributed by atoms with Crippen molar-refractivity contribution in [3.8, 4) is 11.3 Å². The number of aliphatic hydroxyl groups is 1. The van der Waals surface area contributed by atoms with E-state index < -0.39 is 94.7 Å². The summed E-state index contributed by atoms with van der Waals surface area (Å²) in [5.41, 5.74) is 11.9. The fraction of sp³-hybridized carbons (Fsp3) is 0.463. The van der Waals surface area contributed by atoms with Gasteiger partial charge in [0.1, 0.15) is 30.1 Å². The van der Waals surface area contributed by atoms with Crippen molar-refractivity contribution in [3.63, 3.8) is 0 Å². The summed E-state index contributed by atoms with van der Waals surface area (Å²) >= 11 is 0.990. The van der Waals surface area contributed by atoms with Crippen LogP contribution in [-0.4, -0.2) is 138 Å². The van der Waals surface area contributed by atoms with Crippen LogP contribution >= 0.6 is 11.8 Å². The van der Waals surface area contributed by atoms with E-state index in [1.807, 2.05) is 51.1 Å². The maximum absolute atomic E-state index is 15.0. The van der Waals surface area contributed by atoms with E-state index in [1.54, 1.807) is 10.8 Å². The van der Waals surface area contributed by atoms with E-state index in [4.69, 9.17) is 31.5 Å². The lowest BCUT2D eigenvalue weighted by Gasteiger charge is -2.40. The molecule has 1 unspecified atom stereocenters. The van der Waals surface area contributed by atoms with E-state index >= 15 is 0 Å². The Balaban J connectivity index is 0.00000148. The van der Waals surface area contributed by atoms with Gasteiger partial charge in [0.2, 0.25) is 29.5 Å². The van der Waals surface area contributed by atoms with Crippen molar-refractivity contribution >= 4 is 53.2 Å². The zero-order valence-corrected chi connectivity index (χ0v) is 36.3. The molecule has 2 heterocycles. The summed E-state index contributed by atoms with van der Waals surface area (Å²) in [6, 6.07) is 9.22. The molecule has 0 bridgehead atoms. The molecular formula is C41H51F5N8O10S. The van der Waals surface area contributed by atoms with Crippen LogP contribution in [0.4, 0.5) is 22.0 Å². The number of carbonyl (C=O) groups excluding carboxylic acids is 5. The van der Waals surface area contributed by atoms with E-state index in [-0.39, 0.29) is 69.0 Å². The number of aliphatic carboxylic acids is 2. The van der Waals surface area contributed by atoms with Crippen LogP contribution in [0.1, 0.15) is 57.5 Å². The van der Waals surface area contributed by atoms with Crippen LogP contribution in [0.15, 0.2) is 54.7 Å². The third-order valence-electron chi connectivity index (χ3n) is 9.61. The molecule has 1 aliphatic rings. The third kappa shape index (κ3) is 15.9. The van der Waals surface area contributed by atoms with Gasteiger partial charge in [0.05, 0.1) is 23.0 Å². The quantitative estimate of drug-likeness (QED) is 0.0631. The molecule has 356 valence electrons. The molecule has 4 atom stereocenters. The zero-order valence-electron chi connectivity index (χ0n) is 35.5. The second-order valence-corrected chi connectivity index (χ2v) is 16.9. The average molecular weight is 943 g/mol. The number of imidazole rings is 1. The SMILES string of the molecule is CC(C)(C)[C@H](c1nc(-c2cc(F)ccc2F)cn1Cc1ccccc1)N(CC[C@H](N)C(=O)NCCC(=O)NCCN1C(=O)CC(SC[C@H](N)C(=O)O)C1=O)C(=O)CO.O=C(O)C(F)(F)F. The van der Waals surface area contributed by atoms with Crippen molar-refractivity contribution in [2.24, 2.45) is 16.9 Å². The van der Waals surface area contributed by atoms with Crippen LogP contribution in [-0.2, 0) is 40.1 Å². The van der Waals surface area contributed by atoms with Crippen LogP contribution < -0.4 is 22.1 Å². The van der Waals surface area contributed by atoms with Gasteiger partial charge in [0.15, 0.2) is 0 Å². The van der Waals surface area contributed by atoms with Crippen molar-refractivity contribution in [2.75, 3.05) is 38.5 Å². The van der Waals surface area contributed by atoms with Crippen LogP contribution in [0, 0.1) is 17.0 Å². The van der Waals surface area contributed by atoms with Gasteiger partial charge in [-0.05, 0) is 35.6 Å². The summed E-state index contributed by atoms with van der Waals surface area (Å²) in [5.74, 6) is -7.72. The summed E-state index contributed by atoms with van der Waals surface area (Å²) in [4.78, 5) is 90.8. The Morgan fingerprint density at radius 3 is 2.20 bits per heavy atom. The number of hydrogen-bond acceptors (Lipinski definition) is 12. The molecule has 4 rings (SSSR count). The maximum Gasteiger partial charge on any atom is 0.490 e. The molecule has 0 spiro atoms. The Bertz CT molecular complexity index is 2170. The first-order valence-electron chi connectivity index (χ1n) is 19.9. The number of hydrogen-bond donors (Lipinski definition) is 7.